The lowest BCUT2D eigenvalue weighted by Gasteiger charge is -2.26. The lowest BCUT2D eigenvalue weighted by atomic mass is 9.88. The zero-order chi connectivity index (χ0) is 22.6. The van der Waals surface area contributed by atoms with Crippen molar-refractivity contribution in [3.05, 3.63) is 93.9 Å². The van der Waals surface area contributed by atoms with Gasteiger partial charge in [-0.05, 0) is 71.7 Å². The fourth-order valence-corrected chi connectivity index (χ4v) is 7.49. The van der Waals surface area contributed by atoms with Crippen LogP contribution in [0.2, 0.25) is 0 Å². The molecule has 0 amide bonds. The standard InChI is InChI=1S/C30H26F2N2/c31-20-2-4-21(28(32)14-20)17-1-3-24(25-7-5-22-18-9-11-33(15-18)29(22)25)27(13-17)26-8-6-23-19-10-12-34(16-19)30(23)26/h1-4,7-8,13-14,18-19H,5-6,9-12,15-16H2. The summed E-state index contributed by atoms with van der Waals surface area (Å²) < 4.78 is 28.4. The van der Waals surface area contributed by atoms with Crippen molar-refractivity contribution in [3.63, 3.8) is 0 Å². The number of halogens is 2. The molecule has 2 atom stereocenters. The molecular formula is C30H26F2N2. The van der Waals surface area contributed by atoms with Gasteiger partial charge in [0.2, 0.25) is 0 Å². The van der Waals surface area contributed by atoms with Crippen molar-refractivity contribution in [2.45, 2.75) is 25.7 Å². The molecule has 4 aliphatic heterocycles. The Morgan fingerprint density at radius 1 is 0.676 bits per heavy atom. The SMILES string of the molecule is Fc1ccc(-c2ccc(C3=CCC4=C3N3CCC4C3)c(C3=CCC4=C3N3CCC4C3)c2)c(F)c1. The number of fused-ring (bicyclic) bond motifs is 8. The molecule has 0 spiro atoms. The van der Waals surface area contributed by atoms with Crippen LogP contribution in [-0.2, 0) is 0 Å². The molecule has 2 aliphatic carbocycles. The molecule has 0 saturated carbocycles. The van der Waals surface area contributed by atoms with Gasteiger partial charge in [0.15, 0.2) is 0 Å². The number of rotatable bonds is 3. The van der Waals surface area contributed by atoms with E-state index in [4.69, 9.17) is 0 Å². The van der Waals surface area contributed by atoms with Gasteiger partial charge < -0.3 is 9.80 Å². The molecule has 0 aromatic heterocycles. The average Bonchev–Trinajstić information content (AvgIpc) is 3.65. The Hall–Kier alpha value is -3.14. The number of nitrogens with zero attached hydrogens (tertiary/aromatic N) is 2. The number of allylic oxidation sites excluding steroid dienone is 4. The maximum absolute atomic E-state index is 14.8. The molecule has 2 saturated heterocycles. The summed E-state index contributed by atoms with van der Waals surface area (Å²) in [5, 5.41) is 0. The van der Waals surface area contributed by atoms with E-state index in [0.717, 1.165) is 50.0 Å². The maximum Gasteiger partial charge on any atom is 0.133 e. The van der Waals surface area contributed by atoms with E-state index >= 15 is 0 Å². The first-order valence-electron chi connectivity index (χ1n) is 12.6. The monoisotopic (exact) mass is 452 g/mol. The van der Waals surface area contributed by atoms with Gasteiger partial charge in [-0.2, -0.15) is 0 Å². The minimum Gasteiger partial charge on any atom is -0.370 e. The Morgan fingerprint density at radius 3 is 1.94 bits per heavy atom. The first kappa shape index (κ1) is 19.2. The third-order valence-electron chi connectivity index (χ3n) is 9.01. The summed E-state index contributed by atoms with van der Waals surface area (Å²) in [5.41, 5.74) is 12.5. The van der Waals surface area contributed by atoms with Crippen LogP contribution in [0.3, 0.4) is 0 Å². The summed E-state index contributed by atoms with van der Waals surface area (Å²) in [5.74, 6) is 0.368. The second kappa shape index (κ2) is 6.71. The third-order valence-corrected chi connectivity index (χ3v) is 9.01. The molecule has 4 heterocycles. The summed E-state index contributed by atoms with van der Waals surface area (Å²) in [6.45, 7) is 4.61. The van der Waals surface area contributed by atoms with Crippen molar-refractivity contribution in [3.8, 4) is 11.1 Å². The van der Waals surface area contributed by atoms with E-state index in [2.05, 4.69) is 34.1 Å². The zero-order valence-electron chi connectivity index (χ0n) is 19.1. The second-order valence-electron chi connectivity index (χ2n) is 10.6. The molecule has 2 aromatic carbocycles. The molecule has 6 aliphatic rings. The van der Waals surface area contributed by atoms with Gasteiger partial charge in [0.25, 0.3) is 0 Å². The molecule has 2 unspecified atom stereocenters. The van der Waals surface area contributed by atoms with Crippen molar-refractivity contribution in [1.82, 2.24) is 9.80 Å². The molecule has 2 aromatic rings. The van der Waals surface area contributed by atoms with Crippen LogP contribution < -0.4 is 0 Å². The fourth-order valence-electron chi connectivity index (χ4n) is 7.49. The number of hydrogen-bond donors (Lipinski definition) is 0. The van der Waals surface area contributed by atoms with Gasteiger partial charge in [-0.15, -0.1) is 0 Å². The van der Waals surface area contributed by atoms with Crippen LogP contribution in [0.15, 0.2) is 71.1 Å². The van der Waals surface area contributed by atoms with E-state index in [1.54, 1.807) is 17.2 Å². The molecule has 2 fully saturated rings. The Labute approximate surface area is 198 Å². The molecule has 0 N–H and O–H groups in total. The summed E-state index contributed by atoms with van der Waals surface area (Å²) in [4.78, 5) is 5.13. The first-order chi connectivity index (χ1) is 16.7. The van der Waals surface area contributed by atoms with E-state index in [9.17, 15) is 8.78 Å². The minimum absolute atomic E-state index is 0.458. The molecule has 0 radical (unpaired) electrons. The van der Waals surface area contributed by atoms with Gasteiger partial charge in [0.1, 0.15) is 11.6 Å². The highest BCUT2D eigenvalue weighted by molar-refractivity contribution is 5.95. The van der Waals surface area contributed by atoms with E-state index in [1.807, 2.05) is 6.07 Å². The van der Waals surface area contributed by atoms with Crippen molar-refractivity contribution in [2.24, 2.45) is 11.8 Å². The number of hydrogen-bond acceptors (Lipinski definition) is 2. The quantitative estimate of drug-likeness (QED) is 0.533. The van der Waals surface area contributed by atoms with Crippen molar-refractivity contribution < 1.29 is 8.78 Å². The average molecular weight is 453 g/mol. The molecule has 170 valence electrons. The van der Waals surface area contributed by atoms with Crippen LogP contribution in [0, 0.1) is 23.5 Å². The summed E-state index contributed by atoms with van der Waals surface area (Å²) in [6.07, 6.45) is 9.45. The third kappa shape index (κ3) is 2.49. The van der Waals surface area contributed by atoms with Crippen LogP contribution in [0.5, 0.6) is 0 Å². The van der Waals surface area contributed by atoms with Gasteiger partial charge in [-0.25, -0.2) is 8.78 Å². The van der Waals surface area contributed by atoms with E-state index in [-0.39, 0.29) is 0 Å². The highest BCUT2D eigenvalue weighted by atomic mass is 19.1. The van der Waals surface area contributed by atoms with Gasteiger partial charge in [-0.3, -0.25) is 0 Å². The normalized spacial score (nSPS) is 26.2. The van der Waals surface area contributed by atoms with Gasteiger partial charge in [0, 0.05) is 72.2 Å². The molecule has 2 nitrogen and oxygen atoms in total. The highest BCUT2D eigenvalue weighted by Crippen LogP contribution is 2.53. The topological polar surface area (TPSA) is 6.48 Å². The van der Waals surface area contributed by atoms with Crippen LogP contribution >= 0.6 is 0 Å². The fraction of sp³-hybridized carbons (Fsp3) is 0.333. The van der Waals surface area contributed by atoms with E-state index < -0.39 is 11.6 Å². The largest absolute Gasteiger partial charge is 0.370 e. The Kier molecular flexibility index (Phi) is 3.79. The van der Waals surface area contributed by atoms with Crippen LogP contribution in [0.1, 0.15) is 36.8 Å². The van der Waals surface area contributed by atoms with E-state index in [1.165, 1.54) is 59.1 Å². The molecule has 4 heteroatoms. The van der Waals surface area contributed by atoms with Gasteiger partial charge in [-0.1, -0.05) is 24.3 Å². The molecule has 34 heavy (non-hydrogen) atoms. The summed E-state index contributed by atoms with van der Waals surface area (Å²) in [6, 6.07) is 10.3. The van der Waals surface area contributed by atoms with Gasteiger partial charge >= 0.3 is 0 Å². The zero-order valence-corrected chi connectivity index (χ0v) is 19.1. The second-order valence-corrected chi connectivity index (χ2v) is 10.6. The van der Waals surface area contributed by atoms with Crippen molar-refractivity contribution in [2.75, 3.05) is 26.2 Å². The molecular weight excluding hydrogens is 426 g/mol. The van der Waals surface area contributed by atoms with Crippen molar-refractivity contribution in [1.29, 1.82) is 0 Å². The Bertz CT molecular complexity index is 1410. The molecule has 4 bridgehead atoms. The van der Waals surface area contributed by atoms with E-state index in [0.29, 0.717) is 11.5 Å². The summed E-state index contributed by atoms with van der Waals surface area (Å²) >= 11 is 0. The minimum atomic E-state index is -0.540. The Morgan fingerprint density at radius 2 is 1.29 bits per heavy atom. The van der Waals surface area contributed by atoms with Crippen LogP contribution in [0.25, 0.3) is 22.3 Å². The van der Waals surface area contributed by atoms with Crippen LogP contribution in [-0.4, -0.2) is 36.0 Å². The molecule has 8 rings (SSSR count). The lowest BCUT2D eigenvalue weighted by Crippen LogP contribution is -2.19. The smallest absolute Gasteiger partial charge is 0.133 e. The highest BCUT2D eigenvalue weighted by Gasteiger charge is 2.43. The predicted octanol–water partition coefficient (Wildman–Crippen LogP) is 6.39. The van der Waals surface area contributed by atoms with Gasteiger partial charge in [0.05, 0.1) is 0 Å². The predicted molar refractivity (Wildman–Crippen MR) is 130 cm³/mol. The first-order valence-corrected chi connectivity index (χ1v) is 12.6. The van der Waals surface area contributed by atoms with Crippen molar-refractivity contribution >= 4 is 11.1 Å². The number of benzene rings is 2. The summed E-state index contributed by atoms with van der Waals surface area (Å²) in [7, 11) is 0. The maximum atomic E-state index is 14.8. The Balaban J connectivity index is 1.30. The van der Waals surface area contributed by atoms with Crippen LogP contribution in [0.4, 0.5) is 8.78 Å². The lowest BCUT2D eigenvalue weighted by molar-refractivity contribution is 0.455.